The summed E-state index contributed by atoms with van der Waals surface area (Å²) in [5.41, 5.74) is 0. The fourth-order valence-electron chi connectivity index (χ4n) is 11.2. The lowest BCUT2D eigenvalue weighted by Crippen LogP contribution is -2.37. The van der Waals surface area contributed by atoms with Crippen molar-refractivity contribution >= 4 is 19.8 Å². The first kappa shape index (κ1) is 97.1. The Morgan fingerprint density at radius 1 is 0.304 bits per heavy atom. The zero-order valence-electron chi connectivity index (χ0n) is 66.2. The van der Waals surface area contributed by atoms with Crippen molar-refractivity contribution in [1.82, 2.24) is 0 Å². The topological polar surface area (TPSA) is 111 Å². The molecule has 2 atom stereocenters. The van der Waals surface area contributed by atoms with Crippen LogP contribution in [0.15, 0.2) is 182 Å². The van der Waals surface area contributed by atoms with E-state index in [1.165, 1.54) is 161 Å². The van der Waals surface area contributed by atoms with Crippen molar-refractivity contribution in [2.24, 2.45) is 0 Å². The second kappa shape index (κ2) is 80.2. The van der Waals surface area contributed by atoms with Gasteiger partial charge in [-0.05, 0) is 135 Å². The summed E-state index contributed by atoms with van der Waals surface area (Å²) in [7, 11) is 1.15. The van der Waals surface area contributed by atoms with Gasteiger partial charge >= 0.3 is 11.9 Å². The third-order valence-electron chi connectivity index (χ3n) is 17.4. The molecule has 10 heteroatoms. The number of esters is 2. The maximum Gasteiger partial charge on any atom is 0.306 e. The van der Waals surface area contributed by atoms with E-state index in [4.69, 9.17) is 18.5 Å². The monoisotopic (exact) mass is 1430 g/mol. The minimum Gasteiger partial charge on any atom is -0.756 e. The molecule has 0 rings (SSSR count). The molecule has 0 fully saturated rings. The van der Waals surface area contributed by atoms with E-state index in [1.807, 2.05) is 21.1 Å². The van der Waals surface area contributed by atoms with E-state index in [-0.39, 0.29) is 32.0 Å². The van der Waals surface area contributed by atoms with E-state index in [0.717, 1.165) is 141 Å². The number of likely N-dealkylation sites (N-methyl/N-ethyl adjacent to an activating group) is 1. The molecular weight excluding hydrogens is 1280 g/mol. The fourth-order valence-corrected chi connectivity index (χ4v) is 11.9. The van der Waals surface area contributed by atoms with Crippen LogP contribution in [-0.2, 0) is 32.7 Å². The van der Waals surface area contributed by atoms with E-state index in [1.54, 1.807) is 0 Å². The molecule has 0 aromatic rings. The smallest absolute Gasteiger partial charge is 0.306 e. The van der Waals surface area contributed by atoms with Crippen molar-refractivity contribution in [3.63, 3.8) is 0 Å². The van der Waals surface area contributed by atoms with E-state index in [0.29, 0.717) is 17.4 Å². The molecule has 9 nitrogen and oxygen atoms in total. The van der Waals surface area contributed by atoms with Crippen LogP contribution >= 0.6 is 7.82 Å². The first-order valence-electron chi connectivity index (χ1n) is 41.5. The average Bonchev–Trinajstić information content (AvgIpc) is 0.913. The van der Waals surface area contributed by atoms with E-state index in [9.17, 15) is 19.0 Å². The van der Waals surface area contributed by atoms with Crippen molar-refractivity contribution in [2.45, 2.75) is 341 Å². The Labute approximate surface area is 629 Å². The van der Waals surface area contributed by atoms with Gasteiger partial charge in [0.25, 0.3) is 7.82 Å². The van der Waals surface area contributed by atoms with Gasteiger partial charge in [0, 0.05) is 12.8 Å². The van der Waals surface area contributed by atoms with Crippen molar-refractivity contribution < 1.29 is 42.1 Å². The summed E-state index contributed by atoms with van der Waals surface area (Å²) < 4.78 is 34.4. The second-order valence-electron chi connectivity index (χ2n) is 28.4. The minimum absolute atomic E-state index is 0.0383. The van der Waals surface area contributed by atoms with Gasteiger partial charge in [0.05, 0.1) is 27.7 Å². The van der Waals surface area contributed by atoms with Crippen molar-refractivity contribution in [3.8, 4) is 0 Å². The number of phosphoric acid groups is 1. The van der Waals surface area contributed by atoms with Crippen molar-refractivity contribution in [2.75, 3.05) is 47.5 Å². The quantitative estimate of drug-likeness (QED) is 0.0195. The fraction of sp³-hybridized carbons (Fsp3) is 0.652. The van der Waals surface area contributed by atoms with Crippen LogP contribution in [0.5, 0.6) is 0 Å². The lowest BCUT2D eigenvalue weighted by molar-refractivity contribution is -0.870. The highest BCUT2D eigenvalue weighted by atomic mass is 31.2. The Morgan fingerprint density at radius 3 is 0.784 bits per heavy atom. The normalized spacial score (nSPS) is 14.0. The molecule has 2 unspecified atom stereocenters. The Balaban J connectivity index is 4.00. The molecule has 0 radical (unpaired) electrons. The molecule has 0 spiro atoms. The largest absolute Gasteiger partial charge is 0.756 e. The van der Waals surface area contributed by atoms with Crippen LogP contribution in [0.25, 0.3) is 0 Å². The molecule has 0 aromatic heterocycles. The number of unbranched alkanes of at least 4 members (excludes halogenated alkanes) is 31. The summed E-state index contributed by atoms with van der Waals surface area (Å²) in [6, 6.07) is 0. The summed E-state index contributed by atoms with van der Waals surface area (Å²) >= 11 is 0. The third-order valence-corrected chi connectivity index (χ3v) is 18.4. The predicted octanol–water partition coefficient (Wildman–Crippen LogP) is 27.5. The summed E-state index contributed by atoms with van der Waals surface area (Å²) in [5, 5.41) is 0. The molecule has 0 aromatic carbocycles. The zero-order valence-corrected chi connectivity index (χ0v) is 67.1. The number of phosphoric ester groups is 1. The van der Waals surface area contributed by atoms with Crippen LogP contribution in [0, 0.1) is 0 Å². The Bertz CT molecular complexity index is 2390. The highest BCUT2D eigenvalue weighted by molar-refractivity contribution is 7.45. The standard InChI is InChI=1S/C92H154NO8P/c1-6-8-10-12-14-16-18-20-22-24-26-28-30-32-34-36-38-40-42-44-45-46-47-49-50-52-54-56-58-60-62-64-66-68-70-72-74-76-78-80-82-84-91(94)98-88-90(89-100-102(96,97)99-87-86-93(3,4)5)101-92(95)85-83-81-79-77-75-73-71-69-67-65-63-61-59-57-55-53-51-48-43-41-39-37-35-33-31-29-27-25-23-21-19-17-15-13-11-9-7-2/h8-11,14-17,20-23,26-29,32-35,38-41,48,51,55,57,61,63,90H,6-7,12-13,18-19,24-25,30-31,36-37,42-47,49-50,52-54,56,58-60,62,64-89H2,1-5H3/b10-8-,11-9-,16-14-,17-15-,22-20-,23-21-,28-26-,29-27-,34-32-,35-33-,40-38-,41-39-,51-48-,57-55-,63-61-. The third kappa shape index (κ3) is 84.1. The SMILES string of the molecule is CC/C=C\C/C=C\C/C=C\C/C=C\C/C=C\C/C=C\C/C=C\C/C=C\C/C=C\CCCCCCCCCCCC(=O)OC(COC(=O)CCCCCCCCCCCCCCCCCCCCCCCC/C=C\C/C=C\C/C=C\C/C=C\C/C=C\C/C=C\CC)COP(=O)([O-])OCC[N+](C)(C)C. The lowest BCUT2D eigenvalue weighted by Gasteiger charge is -2.28. The molecular formula is C92H154NO8P. The van der Waals surface area contributed by atoms with Gasteiger partial charge in [-0.25, -0.2) is 0 Å². The number of quaternary nitrogens is 1. The number of ether oxygens (including phenoxy) is 2. The predicted molar refractivity (Wildman–Crippen MR) is 443 cm³/mol. The zero-order chi connectivity index (χ0) is 74.0. The maximum absolute atomic E-state index is 12.9. The molecule has 0 N–H and O–H groups in total. The minimum atomic E-state index is -4.66. The number of carbonyl (C=O) groups excluding carboxylic acids is 2. The van der Waals surface area contributed by atoms with Crippen LogP contribution in [0.3, 0.4) is 0 Å². The van der Waals surface area contributed by atoms with Crippen LogP contribution in [0.1, 0.15) is 335 Å². The first-order valence-corrected chi connectivity index (χ1v) is 43.0. The van der Waals surface area contributed by atoms with Gasteiger partial charge in [-0.1, -0.05) is 369 Å². The molecule has 0 heterocycles. The lowest BCUT2D eigenvalue weighted by atomic mass is 10.0. The number of hydrogen-bond donors (Lipinski definition) is 0. The van der Waals surface area contributed by atoms with Crippen LogP contribution in [0.2, 0.25) is 0 Å². The van der Waals surface area contributed by atoms with Crippen LogP contribution in [0.4, 0.5) is 0 Å². The molecule has 0 saturated carbocycles. The number of allylic oxidation sites excluding steroid dienone is 30. The highest BCUT2D eigenvalue weighted by Gasteiger charge is 2.22. The molecule has 0 aliphatic rings. The number of hydrogen-bond acceptors (Lipinski definition) is 8. The summed E-state index contributed by atoms with van der Waals surface area (Å²) in [5.74, 6) is -0.838. The molecule has 0 amide bonds. The molecule has 102 heavy (non-hydrogen) atoms. The number of rotatable bonds is 75. The van der Waals surface area contributed by atoms with E-state index < -0.39 is 26.5 Å². The second-order valence-corrected chi connectivity index (χ2v) is 29.8. The Morgan fingerprint density at radius 2 is 0.529 bits per heavy atom. The van der Waals surface area contributed by atoms with E-state index in [2.05, 4.69) is 196 Å². The molecule has 0 saturated heterocycles. The first-order chi connectivity index (χ1) is 50.0. The van der Waals surface area contributed by atoms with Crippen molar-refractivity contribution in [3.05, 3.63) is 182 Å². The van der Waals surface area contributed by atoms with Gasteiger partial charge in [0.1, 0.15) is 19.8 Å². The van der Waals surface area contributed by atoms with Gasteiger partial charge < -0.3 is 27.9 Å². The van der Waals surface area contributed by atoms with E-state index >= 15 is 0 Å². The van der Waals surface area contributed by atoms with Gasteiger partial charge in [0.15, 0.2) is 6.10 Å². The van der Waals surface area contributed by atoms with Crippen LogP contribution in [-0.4, -0.2) is 70.0 Å². The highest BCUT2D eigenvalue weighted by Crippen LogP contribution is 2.38. The maximum atomic E-state index is 12.9. The summed E-state index contributed by atoms with van der Waals surface area (Å²) in [6.07, 6.45) is 123. The molecule has 580 valence electrons. The number of nitrogens with zero attached hydrogens (tertiary/aromatic N) is 1. The summed E-state index contributed by atoms with van der Waals surface area (Å²) in [6.45, 7) is 4.02. The van der Waals surface area contributed by atoms with Gasteiger partial charge in [-0.15, -0.1) is 0 Å². The average molecular weight is 1430 g/mol. The summed E-state index contributed by atoms with van der Waals surface area (Å²) in [4.78, 5) is 38.2. The van der Waals surface area contributed by atoms with Gasteiger partial charge in [-0.3, -0.25) is 14.2 Å². The Kier molecular flexibility index (Phi) is 76.4. The van der Waals surface area contributed by atoms with Gasteiger partial charge in [0.2, 0.25) is 0 Å². The van der Waals surface area contributed by atoms with Crippen molar-refractivity contribution in [1.29, 1.82) is 0 Å². The molecule has 0 bridgehead atoms. The number of carbonyl (C=O) groups is 2. The Hall–Kier alpha value is -4.89. The molecule has 0 aliphatic carbocycles. The van der Waals surface area contributed by atoms with Crippen LogP contribution < -0.4 is 4.89 Å². The van der Waals surface area contributed by atoms with Gasteiger partial charge in [-0.2, -0.15) is 0 Å². The molecule has 0 aliphatic heterocycles.